The van der Waals surface area contributed by atoms with E-state index in [1.54, 1.807) is 6.07 Å². The van der Waals surface area contributed by atoms with Gasteiger partial charge in [0, 0.05) is 5.56 Å². The van der Waals surface area contributed by atoms with Crippen LogP contribution in [0.1, 0.15) is 24.5 Å². The molecule has 3 aromatic rings. The van der Waals surface area contributed by atoms with Crippen LogP contribution in [0.2, 0.25) is 0 Å². The van der Waals surface area contributed by atoms with Crippen LogP contribution in [0.25, 0.3) is 22.3 Å². The maximum atomic E-state index is 14.4. The zero-order valence-electron chi connectivity index (χ0n) is 15.3. The summed E-state index contributed by atoms with van der Waals surface area (Å²) in [6.07, 6.45) is 2.19. The number of halogens is 2. The molecule has 1 nitrogen and oxygen atoms in total. The van der Waals surface area contributed by atoms with Crippen molar-refractivity contribution < 1.29 is 13.5 Å². The first kappa shape index (κ1) is 18.1. The summed E-state index contributed by atoms with van der Waals surface area (Å²) in [4.78, 5) is 0. The summed E-state index contributed by atoms with van der Waals surface area (Å²) in [5, 5.41) is 0. The number of aryl methyl sites for hydroxylation is 2. The van der Waals surface area contributed by atoms with Crippen molar-refractivity contribution in [2.75, 3.05) is 7.11 Å². The van der Waals surface area contributed by atoms with Crippen LogP contribution in [0.3, 0.4) is 0 Å². The smallest absolute Gasteiger partial charge is 0.201 e. The van der Waals surface area contributed by atoms with E-state index in [2.05, 4.69) is 31.2 Å². The van der Waals surface area contributed by atoms with Crippen LogP contribution in [0, 0.1) is 18.6 Å². The summed E-state index contributed by atoms with van der Waals surface area (Å²) < 4.78 is 33.2. The Labute approximate surface area is 153 Å². The fourth-order valence-corrected chi connectivity index (χ4v) is 3.21. The summed E-state index contributed by atoms with van der Waals surface area (Å²) in [6, 6.07) is 17.2. The number of hydrogen-bond donors (Lipinski definition) is 0. The van der Waals surface area contributed by atoms with Gasteiger partial charge in [0.25, 0.3) is 0 Å². The fourth-order valence-electron chi connectivity index (χ4n) is 3.21. The molecule has 26 heavy (non-hydrogen) atoms. The molecule has 3 heteroatoms. The van der Waals surface area contributed by atoms with E-state index in [9.17, 15) is 8.78 Å². The minimum absolute atomic E-state index is 0.0910. The number of ether oxygens (including phenoxy) is 1. The average Bonchev–Trinajstić information content (AvgIpc) is 2.65. The Kier molecular flexibility index (Phi) is 5.36. The Morgan fingerprint density at radius 1 is 0.808 bits per heavy atom. The second-order valence-corrected chi connectivity index (χ2v) is 6.42. The first-order valence-corrected chi connectivity index (χ1v) is 8.77. The summed E-state index contributed by atoms with van der Waals surface area (Å²) in [5.74, 6) is -1.94. The van der Waals surface area contributed by atoms with Crippen LogP contribution < -0.4 is 4.74 Å². The summed E-state index contributed by atoms with van der Waals surface area (Å²) in [5.41, 5.74) is 5.42. The van der Waals surface area contributed by atoms with Crippen molar-refractivity contribution >= 4 is 0 Å². The van der Waals surface area contributed by atoms with Crippen molar-refractivity contribution in [3.05, 3.63) is 77.4 Å². The van der Waals surface area contributed by atoms with Gasteiger partial charge in [-0.25, -0.2) is 4.39 Å². The molecule has 0 fully saturated rings. The third-order valence-corrected chi connectivity index (χ3v) is 4.61. The Morgan fingerprint density at radius 2 is 1.46 bits per heavy atom. The quantitative estimate of drug-likeness (QED) is 0.505. The van der Waals surface area contributed by atoms with Gasteiger partial charge in [0.2, 0.25) is 5.82 Å². The maximum Gasteiger partial charge on any atom is 0.201 e. The molecule has 0 aliphatic rings. The zero-order valence-corrected chi connectivity index (χ0v) is 15.3. The highest BCUT2D eigenvalue weighted by molar-refractivity contribution is 5.74. The molecule has 0 aromatic heterocycles. The van der Waals surface area contributed by atoms with Crippen molar-refractivity contribution in [3.8, 4) is 28.0 Å². The van der Waals surface area contributed by atoms with Gasteiger partial charge in [-0.2, -0.15) is 4.39 Å². The first-order valence-electron chi connectivity index (χ1n) is 8.77. The first-order chi connectivity index (χ1) is 12.5. The standard InChI is InChI=1S/C23H22F2O/c1-4-5-16-6-8-17(9-7-16)19-11-10-18(14-15(19)2)20-12-13-21(26-3)23(25)22(20)24/h6-14H,4-5H2,1-3H3. The molecule has 3 rings (SSSR count). The molecule has 0 heterocycles. The molecule has 0 radical (unpaired) electrons. The topological polar surface area (TPSA) is 9.23 Å². The largest absolute Gasteiger partial charge is 0.494 e. The van der Waals surface area contributed by atoms with Crippen LogP contribution in [0.15, 0.2) is 54.6 Å². The normalized spacial score (nSPS) is 10.8. The highest BCUT2D eigenvalue weighted by Crippen LogP contribution is 2.33. The molecule has 0 bridgehead atoms. The van der Waals surface area contributed by atoms with Gasteiger partial charge in [-0.15, -0.1) is 0 Å². The molecule has 3 aromatic carbocycles. The monoisotopic (exact) mass is 352 g/mol. The van der Waals surface area contributed by atoms with Gasteiger partial charge < -0.3 is 4.74 Å². The van der Waals surface area contributed by atoms with Crippen molar-refractivity contribution in [2.45, 2.75) is 26.7 Å². The fraction of sp³-hybridized carbons (Fsp3) is 0.217. The molecule has 0 unspecified atom stereocenters. The van der Waals surface area contributed by atoms with Gasteiger partial charge >= 0.3 is 0 Å². The summed E-state index contributed by atoms with van der Waals surface area (Å²) in [6.45, 7) is 4.15. The lowest BCUT2D eigenvalue weighted by molar-refractivity contribution is 0.372. The van der Waals surface area contributed by atoms with Crippen molar-refractivity contribution in [1.82, 2.24) is 0 Å². The van der Waals surface area contributed by atoms with Gasteiger partial charge in [-0.05, 0) is 53.3 Å². The summed E-state index contributed by atoms with van der Waals surface area (Å²) >= 11 is 0. The van der Waals surface area contributed by atoms with Gasteiger partial charge in [0.1, 0.15) is 0 Å². The highest BCUT2D eigenvalue weighted by atomic mass is 19.2. The summed E-state index contributed by atoms with van der Waals surface area (Å²) in [7, 11) is 1.32. The molecule has 134 valence electrons. The maximum absolute atomic E-state index is 14.4. The van der Waals surface area contributed by atoms with Crippen LogP contribution >= 0.6 is 0 Å². The minimum atomic E-state index is -0.960. The molecule has 0 aliphatic heterocycles. The number of benzene rings is 3. The number of hydrogen-bond acceptors (Lipinski definition) is 1. The van der Waals surface area contributed by atoms with E-state index in [-0.39, 0.29) is 11.3 Å². The SMILES string of the molecule is CCCc1ccc(-c2ccc(-c3ccc(OC)c(F)c3F)cc2C)cc1. The molecule has 0 N–H and O–H groups in total. The molecule has 0 atom stereocenters. The molecule has 0 spiro atoms. The van der Waals surface area contributed by atoms with Gasteiger partial charge in [-0.3, -0.25) is 0 Å². The van der Waals surface area contributed by atoms with E-state index in [1.807, 2.05) is 25.1 Å². The third-order valence-electron chi connectivity index (χ3n) is 4.61. The van der Waals surface area contributed by atoms with Crippen molar-refractivity contribution in [2.24, 2.45) is 0 Å². The van der Waals surface area contributed by atoms with Gasteiger partial charge in [0.15, 0.2) is 11.6 Å². The third kappa shape index (κ3) is 3.48. The van der Waals surface area contributed by atoms with Crippen LogP contribution in [0.4, 0.5) is 8.78 Å². The average molecular weight is 352 g/mol. The molecule has 0 amide bonds. The zero-order chi connectivity index (χ0) is 18.7. The second-order valence-electron chi connectivity index (χ2n) is 6.42. The van der Waals surface area contributed by atoms with E-state index >= 15 is 0 Å². The van der Waals surface area contributed by atoms with E-state index in [0.29, 0.717) is 5.56 Å². The molecular formula is C23H22F2O. The molecule has 0 saturated heterocycles. The van der Waals surface area contributed by atoms with E-state index < -0.39 is 11.6 Å². The Bertz CT molecular complexity index is 914. The lowest BCUT2D eigenvalue weighted by Crippen LogP contribution is -1.95. The molecular weight excluding hydrogens is 330 g/mol. The minimum Gasteiger partial charge on any atom is -0.494 e. The lowest BCUT2D eigenvalue weighted by atomic mass is 9.94. The highest BCUT2D eigenvalue weighted by Gasteiger charge is 2.16. The Balaban J connectivity index is 1.96. The predicted molar refractivity (Wildman–Crippen MR) is 103 cm³/mol. The second kappa shape index (κ2) is 7.69. The van der Waals surface area contributed by atoms with Crippen molar-refractivity contribution in [1.29, 1.82) is 0 Å². The Morgan fingerprint density at radius 3 is 2.08 bits per heavy atom. The van der Waals surface area contributed by atoms with Gasteiger partial charge in [-0.1, -0.05) is 55.8 Å². The molecule has 0 saturated carbocycles. The van der Waals surface area contributed by atoms with Gasteiger partial charge in [0.05, 0.1) is 7.11 Å². The van der Waals surface area contributed by atoms with E-state index in [0.717, 1.165) is 29.5 Å². The van der Waals surface area contributed by atoms with Crippen molar-refractivity contribution in [3.63, 3.8) is 0 Å². The van der Waals surface area contributed by atoms with Crippen LogP contribution in [-0.4, -0.2) is 7.11 Å². The number of methoxy groups -OCH3 is 1. The van der Waals surface area contributed by atoms with E-state index in [4.69, 9.17) is 4.74 Å². The molecule has 0 aliphatic carbocycles. The van der Waals surface area contributed by atoms with E-state index in [1.165, 1.54) is 18.7 Å². The lowest BCUT2D eigenvalue weighted by Gasteiger charge is -2.12. The Hall–Kier alpha value is -2.68. The van der Waals surface area contributed by atoms with Crippen LogP contribution in [-0.2, 0) is 6.42 Å². The predicted octanol–water partition coefficient (Wildman–Crippen LogP) is 6.57. The van der Waals surface area contributed by atoms with Crippen LogP contribution in [0.5, 0.6) is 5.75 Å². The number of rotatable bonds is 5.